The lowest BCUT2D eigenvalue weighted by Gasteiger charge is -2.03. The lowest BCUT2D eigenvalue weighted by molar-refractivity contribution is 0.414. The number of ether oxygens (including phenoxy) is 1. The number of hydrogen-bond acceptors (Lipinski definition) is 3. The van der Waals surface area contributed by atoms with Crippen LogP contribution in [0.1, 0.15) is 5.56 Å². The minimum atomic E-state index is -3.18. The Kier molecular flexibility index (Phi) is 3.75. The van der Waals surface area contributed by atoms with Crippen molar-refractivity contribution in [3.63, 3.8) is 0 Å². The van der Waals surface area contributed by atoms with Gasteiger partial charge in [0.05, 0.1) is 12.9 Å². The Balaban J connectivity index is 2.78. The zero-order valence-electron chi connectivity index (χ0n) is 8.43. The third-order valence-corrected chi connectivity index (χ3v) is 3.23. The van der Waals surface area contributed by atoms with Crippen molar-refractivity contribution < 1.29 is 13.2 Å². The molecule has 0 unspecified atom stereocenters. The van der Waals surface area contributed by atoms with E-state index in [4.69, 9.17) is 11.2 Å². The van der Waals surface area contributed by atoms with Gasteiger partial charge in [-0.25, -0.2) is 8.42 Å². The molecule has 1 aromatic rings. The summed E-state index contributed by atoms with van der Waals surface area (Å²) in [5.74, 6) is 2.59. The molecule has 0 aromatic heterocycles. The van der Waals surface area contributed by atoms with Crippen molar-refractivity contribution in [2.24, 2.45) is 0 Å². The van der Waals surface area contributed by atoms with Crippen LogP contribution in [-0.4, -0.2) is 21.3 Å². The number of methoxy groups -OCH3 is 1. The zero-order chi connectivity index (χ0) is 11.3. The molecule has 3 nitrogen and oxygen atoms in total. The lowest BCUT2D eigenvalue weighted by Crippen LogP contribution is -2.07. The van der Waals surface area contributed by atoms with Crippen LogP contribution in [0.2, 0.25) is 0 Å². The second-order valence-electron chi connectivity index (χ2n) is 3.08. The summed E-state index contributed by atoms with van der Waals surface area (Å²) in [6.07, 6.45) is 4.96. The largest absolute Gasteiger partial charge is 0.497 e. The zero-order valence-corrected chi connectivity index (χ0v) is 9.25. The molecular formula is C11H12O3S. The van der Waals surface area contributed by atoms with Crippen LogP contribution in [-0.2, 0) is 15.6 Å². The molecule has 4 heteroatoms. The van der Waals surface area contributed by atoms with Crippen molar-refractivity contribution in [3.8, 4) is 18.1 Å². The third-order valence-electron chi connectivity index (χ3n) is 1.85. The fourth-order valence-electron chi connectivity index (χ4n) is 1.15. The van der Waals surface area contributed by atoms with Gasteiger partial charge in [-0.15, -0.1) is 6.42 Å². The average molecular weight is 224 g/mol. The molecule has 0 aliphatic rings. The summed E-state index contributed by atoms with van der Waals surface area (Å²) in [4.78, 5) is 0. The molecule has 0 atom stereocenters. The molecule has 0 radical (unpaired) electrons. The molecule has 80 valence electrons. The Morgan fingerprint density at radius 3 is 2.40 bits per heavy atom. The van der Waals surface area contributed by atoms with Gasteiger partial charge in [0.2, 0.25) is 0 Å². The molecule has 15 heavy (non-hydrogen) atoms. The smallest absolute Gasteiger partial charge is 0.165 e. The van der Waals surface area contributed by atoms with E-state index >= 15 is 0 Å². The van der Waals surface area contributed by atoms with Crippen LogP contribution in [0.4, 0.5) is 0 Å². The van der Waals surface area contributed by atoms with Crippen molar-refractivity contribution in [2.45, 2.75) is 5.75 Å². The van der Waals surface area contributed by atoms with Gasteiger partial charge in [0.25, 0.3) is 0 Å². The quantitative estimate of drug-likeness (QED) is 0.723. The van der Waals surface area contributed by atoms with E-state index in [1.807, 2.05) is 0 Å². The average Bonchev–Trinajstić information content (AvgIpc) is 2.18. The Bertz CT molecular complexity index is 452. The summed E-state index contributed by atoms with van der Waals surface area (Å²) < 4.78 is 27.7. The molecule has 0 bridgehead atoms. The number of hydrogen-bond donors (Lipinski definition) is 0. The van der Waals surface area contributed by atoms with Gasteiger partial charge < -0.3 is 4.74 Å². The van der Waals surface area contributed by atoms with Crippen molar-refractivity contribution >= 4 is 9.84 Å². The maximum atomic E-state index is 11.4. The van der Waals surface area contributed by atoms with Gasteiger partial charge in [-0.3, -0.25) is 0 Å². The van der Waals surface area contributed by atoms with Gasteiger partial charge >= 0.3 is 0 Å². The molecule has 0 fully saturated rings. The standard InChI is InChI=1S/C11H12O3S/c1-3-8-15(12,13)9-10-4-6-11(14-2)7-5-10/h1,4-7H,8-9H2,2H3. The van der Waals surface area contributed by atoms with Gasteiger partial charge in [-0.1, -0.05) is 18.1 Å². The van der Waals surface area contributed by atoms with E-state index < -0.39 is 9.84 Å². The van der Waals surface area contributed by atoms with E-state index in [1.54, 1.807) is 31.4 Å². The SMILES string of the molecule is C#CCS(=O)(=O)Cc1ccc(OC)cc1. The van der Waals surface area contributed by atoms with Gasteiger partial charge in [0, 0.05) is 0 Å². The van der Waals surface area contributed by atoms with Crippen molar-refractivity contribution in [1.82, 2.24) is 0 Å². The van der Waals surface area contributed by atoms with Gasteiger partial charge in [0.15, 0.2) is 9.84 Å². The molecule has 0 spiro atoms. The number of terminal acetylenes is 1. The molecule has 0 aliphatic carbocycles. The van der Waals surface area contributed by atoms with Crippen LogP contribution < -0.4 is 4.74 Å². The lowest BCUT2D eigenvalue weighted by atomic mass is 10.2. The molecule has 0 amide bonds. The van der Waals surface area contributed by atoms with E-state index in [2.05, 4.69) is 5.92 Å². The molecule has 0 saturated carbocycles. The fourth-order valence-corrected chi connectivity index (χ4v) is 2.21. The van der Waals surface area contributed by atoms with Gasteiger partial charge in [0.1, 0.15) is 11.5 Å². The van der Waals surface area contributed by atoms with E-state index in [-0.39, 0.29) is 11.5 Å². The first-order valence-electron chi connectivity index (χ1n) is 4.34. The summed E-state index contributed by atoms with van der Waals surface area (Å²) in [6.45, 7) is 0. The van der Waals surface area contributed by atoms with E-state index in [0.717, 1.165) is 0 Å². The third kappa shape index (κ3) is 3.64. The normalized spacial score (nSPS) is 10.7. The highest BCUT2D eigenvalue weighted by atomic mass is 32.2. The van der Waals surface area contributed by atoms with Crippen LogP contribution in [0, 0.1) is 12.3 Å². The summed E-state index contributed by atoms with van der Waals surface area (Å²) in [6, 6.07) is 6.88. The maximum absolute atomic E-state index is 11.4. The van der Waals surface area contributed by atoms with E-state index in [1.165, 1.54) is 0 Å². The monoisotopic (exact) mass is 224 g/mol. The van der Waals surface area contributed by atoms with E-state index in [0.29, 0.717) is 11.3 Å². The van der Waals surface area contributed by atoms with Crippen LogP contribution in [0.15, 0.2) is 24.3 Å². The second kappa shape index (κ2) is 4.85. The number of benzene rings is 1. The van der Waals surface area contributed by atoms with Gasteiger partial charge in [-0.2, -0.15) is 0 Å². The Morgan fingerprint density at radius 2 is 1.93 bits per heavy atom. The summed E-state index contributed by atoms with van der Waals surface area (Å²) in [5.41, 5.74) is 0.714. The Labute approximate surface area is 90.0 Å². The van der Waals surface area contributed by atoms with E-state index in [9.17, 15) is 8.42 Å². The molecule has 0 saturated heterocycles. The minimum Gasteiger partial charge on any atom is -0.497 e. The van der Waals surface area contributed by atoms with Crippen LogP contribution in [0.3, 0.4) is 0 Å². The first kappa shape index (κ1) is 11.6. The van der Waals surface area contributed by atoms with Crippen LogP contribution in [0.25, 0.3) is 0 Å². The van der Waals surface area contributed by atoms with Crippen molar-refractivity contribution in [2.75, 3.05) is 12.9 Å². The highest BCUT2D eigenvalue weighted by Crippen LogP contribution is 2.13. The predicted octanol–water partition coefficient (Wildman–Crippen LogP) is 1.24. The molecule has 0 N–H and O–H groups in total. The molecule has 1 rings (SSSR count). The summed E-state index contributed by atoms with van der Waals surface area (Å²) in [7, 11) is -1.62. The number of rotatable bonds is 4. The second-order valence-corrected chi connectivity index (χ2v) is 5.15. The molecule has 0 aliphatic heterocycles. The van der Waals surface area contributed by atoms with Crippen LogP contribution in [0.5, 0.6) is 5.75 Å². The summed E-state index contributed by atoms with van der Waals surface area (Å²) in [5, 5.41) is 0. The van der Waals surface area contributed by atoms with Crippen molar-refractivity contribution in [1.29, 1.82) is 0 Å². The molecular weight excluding hydrogens is 212 g/mol. The Hall–Kier alpha value is -1.47. The van der Waals surface area contributed by atoms with Gasteiger partial charge in [-0.05, 0) is 17.7 Å². The van der Waals surface area contributed by atoms with Crippen LogP contribution >= 0.6 is 0 Å². The topological polar surface area (TPSA) is 43.4 Å². The Morgan fingerprint density at radius 1 is 1.33 bits per heavy atom. The first-order valence-corrected chi connectivity index (χ1v) is 6.16. The summed E-state index contributed by atoms with van der Waals surface area (Å²) >= 11 is 0. The number of sulfone groups is 1. The highest BCUT2D eigenvalue weighted by Gasteiger charge is 2.09. The van der Waals surface area contributed by atoms with Crippen molar-refractivity contribution in [3.05, 3.63) is 29.8 Å². The maximum Gasteiger partial charge on any atom is 0.165 e. The molecule has 0 heterocycles. The predicted molar refractivity (Wildman–Crippen MR) is 59.3 cm³/mol. The highest BCUT2D eigenvalue weighted by molar-refractivity contribution is 7.90. The first-order chi connectivity index (χ1) is 7.07. The fraction of sp³-hybridized carbons (Fsp3) is 0.273. The minimum absolute atomic E-state index is 0.0266. The molecule has 1 aromatic carbocycles.